The Labute approximate surface area is 442 Å². The molecule has 0 saturated heterocycles. The number of rotatable bonds is 11. The molecule has 0 spiro atoms. The second-order valence-electron chi connectivity index (χ2n) is 20.5. The van der Waals surface area contributed by atoms with Gasteiger partial charge in [-0.05, 0) is 95.2 Å². The van der Waals surface area contributed by atoms with Gasteiger partial charge >= 0.3 is 0 Å². The molecule has 0 unspecified atom stereocenters. The van der Waals surface area contributed by atoms with E-state index in [-0.39, 0.29) is 0 Å². The van der Waals surface area contributed by atoms with Crippen molar-refractivity contribution in [1.82, 2.24) is 19.5 Å². The van der Waals surface area contributed by atoms with Crippen LogP contribution in [0.2, 0.25) is 0 Å². The second-order valence-corrected chi connectivity index (χ2v) is 28.1. The normalized spacial score (nSPS) is 11.9. The maximum atomic E-state index is 5.41. The highest BCUT2D eigenvalue weighted by Gasteiger charge is 2.44. The first-order valence-electron chi connectivity index (χ1n) is 26.0. The summed E-state index contributed by atoms with van der Waals surface area (Å²) >= 11 is 0. The van der Waals surface area contributed by atoms with E-state index in [1.54, 1.807) is 0 Å². The van der Waals surface area contributed by atoms with Crippen LogP contribution in [0.25, 0.3) is 50.5 Å². The number of fused-ring (bicyclic) bond motifs is 3. The molecule has 0 aliphatic heterocycles. The van der Waals surface area contributed by atoms with Gasteiger partial charge in [-0.15, -0.1) is 0 Å². The van der Waals surface area contributed by atoms with Gasteiger partial charge in [0.2, 0.25) is 5.95 Å². The number of nitrogens with zero attached hydrogens (tertiary/aromatic N) is 4. The van der Waals surface area contributed by atoms with E-state index in [9.17, 15) is 0 Å². The Balaban J connectivity index is 1.23. The largest absolute Gasteiger partial charge is 0.278 e. The molecule has 0 aliphatic carbocycles. The highest BCUT2D eigenvalue weighted by Crippen LogP contribution is 2.33. The molecule has 0 aliphatic rings. The lowest BCUT2D eigenvalue weighted by Crippen LogP contribution is -2.74. The van der Waals surface area contributed by atoms with Crippen LogP contribution in [0.5, 0.6) is 0 Å². The number of hydrogen-bond donors (Lipinski definition) is 0. The second kappa shape index (κ2) is 19.4. The standard InChI is InChI=1S/C69H58N4Si2/c1-47-17-29-55(30-18-47)74(56-31-19-48(2)20-32-56,57-33-21-49(3)22-34-57)61-41-43-65-63(45-61)64-46-62(75(58-35-23-50(4)24-36-58,59-37-25-51(5)26-38-59)60-39-27-52(6)28-40-60)42-44-66(64)73(65)69-71-67(53-13-9-7-10-14-53)70-68(72-69)54-15-11-8-12-16-54/h7-46H,1-6H3. The summed E-state index contributed by atoms with van der Waals surface area (Å²) in [6.45, 7) is 13.1. The third-order valence-electron chi connectivity index (χ3n) is 15.4. The third-order valence-corrected chi connectivity index (χ3v) is 25.0. The van der Waals surface area contributed by atoms with E-state index < -0.39 is 16.1 Å². The van der Waals surface area contributed by atoms with Gasteiger partial charge in [0.05, 0.1) is 11.0 Å². The lowest BCUT2D eigenvalue weighted by Gasteiger charge is -2.35. The summed E-state index contributed by atoms with van der Waals surface area (Å²) in [5.74, 6) is 1.81. The van der Waals surface area contributed by atoms with Gasteiger partial charge in [-0.2, -0.15) is 9.97 Å². The molecular formula is C69H58N4Si2. The highest BCUT2D eigenvalue weighted by molar-refractivity contribution is 7.20. The fourth-order valence-electron chi connectivity index (χ4n) is 11.4. The Morgan fingerprint density at radius 3 is 0.787 bits per heavy atom. The summed E-state index contributed by atoms with van der Waals surface area (Å²) in [6.07, 6.45) is 0. The molecule has 0 radical (unpaired) electrons. The first-order valence-corrected chi connectivity index (χ1v) is 30.0. The smallest absolute Gasteiger partial charge is 0.238 e. The minimum atomic E-state index is -3.02. The summed E-state index contributed by atoms with van der Waals surface area (Å²) in [6, 6.07) is 91.3. The van der Waals surface area contributed by atoms with Crippen LogP contribution < -0.4 is 41.5 Å². The fourth-order valence-corrected chi connectivity index (χ4v) is 20.8. The van der Waals surface area contributed by atoms with Crippen molar-refractivity contribution in [3.8, 4) is 28.7 Å². The van der Waals surface area contributed by atoms with Crippen LogP contribution in [-0.2, 0) is 0 Å². The topological polar surface area (TPSA) is 43.6 Å². The molecule has 12 aromatic rings. The van der Waals surface area contributed by atoms with E-state index in [0.717, 1.165) is 32.9 Å². The zero-order valence-corrected chi connectivity index (χ0v) is 45.4. The van der Waals surface area contributed by atoms with E-state index in [2.05, 4.69) is 252 Å². The molecule has 12 rings (SSSR count). The van der Waals surface area contributed by atoms with Crippen LogP contribution in [0, 0.1) is 41.5 Å². The van der Waals surface area contributed by atoms with Crippen LogP contribution in [0.1, 0.15) is 33.4 Å². The van der Waals surface area contributed by atoms with Gasteiger partial charge < -0.3 is 0 Å². The van der Waals surface area contributed by atoms with Crippen molar-refractivity contribution in [3.63, 3.8) is 0 Å². The van der Waals surface area contributed by atoms with Gasteiger partial charge in [0.25, 0.3) is 0 Å². The van der Waals surface area contributed by atoms with E-state index >= 15 is 0 Å². The Hall–Kier alpha value is -8.56. The van der Waals surface area contributed by atoms with Crippen molar-refractivity contribution < 1.29 is 0 Å². The van der Waals surface area contributed by atoms with Gasteiger partial charge in [0.1, 0.15) is 0 Å². The van der Waals surface area contributed by atoms with Gasteiger partial charge in [-0.3, -0.25) is 4.57 Å². The lowest BCUT2D eigenvalue weighted by atomic mass is 10.1. The van der Waals surface area contributed by atoms with Crippen molar-refractivity contribution >= 4 is 79.4 Å². The summed E-state index contributed by atoms with van der Waals surface area (Å²) < 4.78 is 2.29. The molecule has 2 heterocycles. The van der Waals surface area contributed by atoms with E-state index in [4.69, 9.17) is 15.0 Å². The van der Waals surface area contributed by atoms with Crippen molar-refractivity contribution in [1.29, 1.82) is 0 Å². The molecule has 0 saturated carbocycles. The molecule has 6 heteroatoms. The maximum absolute atomic E-state index is 5.41. The Bertz CT molecular complexity index is 3520. The average Bonchev–Trinajstić information content (AvgIpc) is 3.77. The molecule has 0 bridgehead atoms. The van der Waals surface area contributed by atoms with E-state index in [1.807, 2.05) is 36.4 Å². The molecule has 0 amide bonds. The zero-order chi connectivity index (χ0) is 51.3. The minimum absolute atomic E-state index is 0.571. The number of aromatic nitrogens is 4. The SMILES string of the molecule is Cc1ccc([Si](c2ccc(C)cc2)(c2ccc(C)cc2)c2ccc3c(c2)c2cc([Si](c4ccc(C)cc4)(c4ccc(C)cc4)c4ccc(C)cc4)ccc2n3-c2nc(-c3ccccc3)nc(-c3ccccc3)n2)cc1. The first-order chi connectivity index (χ1) is 36.6. The molecule has 75 heavy (non-hydrogen) atoms. The molecule has 10 aromatic carbocycles. The minimum Gasteiger partial charge on any atom is -0.278 e. The monoisotopic (exact) mass is 998 g/mol. The fraction of sp³-hybridized carbons (Fsp3) is 0.0870. The van der Waals surface area contributed by atoms with Crippen LogP contribution >= 0.6 is 0 Å². The summed E-state index contributed by atoms with van der Waals surface area (Å²) in [5, 5.41) is 12.9. The number of benzene rings is 10. The predicted octanol–water partition coefficient (Wildman–Crippen LogP) is 10.9. The number of aryl methyl sites for hydroxylation is 6. The van der Waals surface area contributed by atoms with Crippen LogP contribution in [0.15, 0.2) is 243 Å². The zero-order valence-electron chi connectivity index (χ0n) is 43.4. The molecular weight excluding hydrogens is 941 g/mol. The Morgan fingerprint density at radius 2 is 0.520 bits per heavy atom. The number of hydrogen-bond acceptors (Lipinski definition) is 3. The lowest BCUT2D eigenvalue weighted by molar-refractivity contribution is 0.953. The van der Waals surface area contributed by atoms with Crippen LogP contribution in [0.4, 0.5) is 0 Å². The Kier molecular flexibility index (Phi) is 12.3. The highest BCUT2D eigenvalue weighted by atomic mass is 28.3. The van der Waals surface area contributed by atoms with Gasteiger partial charge in [0, 0.05) is 21.9 Å². The van der Waals surface area contributed by atoms with E-state index in [0.29, 0.717) is 17.6 Å². The molecule has 0 fully saturated rings. The summed E-state index contributed by atoms with van der Waals surface area (Å²) in [7, 11) is -6.03. The van der Waals surface area contributed by atoms with Gasteiger partial charge in [-0.1, -0.05) is 264 Å². The summed E-state index contributed by atoms with van der Waals surface area (Å²) in [4.78, 5) is 16.0. The third kappa shape index (κ3) is 8.37. The predicted molar refractivity (Wildman–Crippen MR) is 321 cm³/mol. The average molecular weight is 999 g/mol. The van der Waals surface area contributed by atoms with Crippen molar-refractivity contribution in [3.05, 3.63) is 276 Å². The van der Waals surface area contributed by atoms with Crippen molar-refractivity contribution in [2.75, 3.05) is 0 Å². The first kappa shape index (κ1) is 47.4. The van der Waals surface area contributed by atoms with Crippen LogP contribution in [0.3, 0.4) is 0 Å². The quantitative estimate of drug-likeness (QED) is 0.0958. The molecule has 0 N–H and O–H groups in total. The molecule has 2 aromatic heterocycles. The molecule has 362 valence electrons. The van der Waals surface area contributed by atoms with Crippen molar-refractivity contribution in [2.24, 2.45) is 0 Å². The van der Waals surface area contributed by atoms with Crippen LogP contribution in [-0.4, -0.2) is 35.7 Å². The molecule has 0 atom stereocenters. The van der Waals surface area contributed by atoms with Gasteiger partial charge in [-0.25, -0.2) is 4.98 Å². The van der Waals surface area contributed by atoms with Crippen molar-refractivity contribution in [2.45, 2.75) is 41.5 Å². The maximum Gasteiger partial charge on any atom is 0.238 e. The molecule has 4 nitrogen and oxygen atoms in total. The summed E-state index contributed by atoms with van der Waals surface area (Å²) in [5.41, 5.74) is 11.4. The Morgan fingerprint density at radius 1 is 0.267 bits per heavy atom. The van der Waals surface area contributed by atoms with E-state index in [1.165, 1.54) is 74.9 Å². The van der Waals surface area contributed by atoms with Gasteiger partial charge in [0.15, 0.2) is 27.8 Å².